The highest BCUT2D eigenvalue weighted by Crippen LogP contribution is 2.17. The lowest BCUT2D eigenvalue weighted by molar-refractivity contribution is -0.123. The van der Waals surface area contributed by atoms with Crippen molar-refractivity contribution in [2.75, 3.05) is 13.2 Å². The Hall–Kier alpha value is -3.13. The first kappa shape index (κ1) is 20.2. The second kappa shape index (κ2) is 10.1. The van der Waals surface area contributed by atoms with Crippen LogP contribution in [0.1, 0.15) is 22.8 Å². The third-order valence-corrected chi connectivity index (χ3v) is 3.57. The van der Waals surface area contributed by atoms with Crippen LogP contribution in [-0.2, 0) is 4.79 Å². The lowest BCUT2D eigenvalue weighted by Gasteiger charge is -2.13. The standard InChI is InChI=1S/C19H21N3O4S/c1-3-25-16-7-5-4-6-15(16)18(24)20-19(27)22-21-17(23)12-26-14-10-8-13(2)9-11-14/h4-11H,3,12H2,1-2H3,(H,21,23)(H2,20,22,24,27). The number of hydrazine groups is 1. The number of para-hydroxylation sites is 1. The third-order valence-electron chi connectivity index (χ3n) is 3.36. The van der Waals surface area contributed by atoms with Gasteiger partial charge in [-0.25, -0.2) is 0 Å². The van der Waals surface area contributed by atoms with Gasteiger partial charge in [0.2, 0.25) is 0 Å². The van der Waals surface area contributed by atoms with E-state index in [1.807, 2.05) is 26.0 Å². The minimum Gasteiger partial charge on any atom is -0.493 e. The monoisotopic (exact) mass is 387 g/mol. The highest BCUT2D eigenvalue weighted by atomic mass is 32.1. The Morgan fingerprint density at radius 3 is 2.41 bits per heavy atom. The Morgan fingerprint density at radius 2 is 1.70 bits per heavy atom. The molecule has 2 aromatic carbocycles. The second-order valence-corrected chi connectivity index (χ2v) is 5.90. The van der Waals surface area contributed by atoms with Gasteiger partial charge in [-0.15, -0.1) is 0 Å². The molecule has 7 nitrogen and oxygen atoms in total. The number of nitrogens with one attached hydrogen (secondary N) is 3. The van der Waals surface area contributed by atoms with Crippen LogP contribution in [0.4, 0.5) is 0 Å². The maximum absolute atomic E-state index is 12.3. The molecule has 8 heteroatoms. The average molecular weight is 387 g/mol. The van der Waals surface area contributed by atoms with Gasteiger partial charge in [-0.3, -0.25) is 25.8 Å². The smallest absolute Gasteiger partial charge is 0.276 e. The molecule has 0 aliphatic rings. The first-order valence-corrected chi connectivity index (χ1v) is 8.72. The minimum atomic E-state index is -0.443. The Kier molecular flexibility index (Phi) is 7.57. The van der Waals surface area contributed by atoms with Crippen LogP contribution in [0.15, 0.2) is 48.5 Å². The van der Waals surface area contributed by atoms with Gasteiger partial charge in [0.05, 0.1) is 12.2 Å². The number of aryl methyl sites for hydroxylation is 1. The first-order valence-electron chi connectivity index (χ1n) is 8.31. The van der Waals surface area contributed by atoms with Gasteiger partial charge in [0, 0.05) is 0 Å². The summed E-state index contributed by atoms with van der Waals surface area (Å²) in [4.78, 5) is 24.1. The molecule has 2 rings (SSSR count). The van der Waals surface area contributed by atoms with Crippen LogP contribution >= 0.6 is 12.2 Å². The van der Waals surface area contributed by atoms with E-state index in [-0.39, 0.29) is 11.7 Å². The number of thiocarbonyl (C=S) groups is 1. The van der Waals surface area contributed by atoms with Gasteiger partial charge >= 0.3 is 0 Å². The van der Waals surface area contributed by atoms with E-state index in [2.05, 4.69) is 16.2 Å². The molecule has 0 unspecified atom stereocenters. The SMILES string of the molecule is CCOc1ccccc1C(=O)NC(=S)NNC(=O)COc1ccc(C)cc1. The lowest BCUT2D eigenvalue weighted by Crippen LogP contribution is -2.49. The minimum absolute atomic E-state index is 0.0463. The number of hydrogen-bond donors (Lipinski definition) is 3. The molecule has 0 aliphatic heterocycles. The van der Waals surface area contributed by atoms with Crippen LogP contribution in [0, 0.1) is 6.92 Å². The summed E-state index contributed by atoms with van der Waals surface area (Å²) < 4.78 is 10.8. The maximum Gasteiger partial charge on any atom is 0.276 e. The summed E-state index contributed by atoms with van der Waals surface area (Å²) in [5.74, 6) is 0.151. The molecular formula is C19H21N3O4S. The molecule has 2 aromatic rings. The van der Waals surface area contributed by atoms with Gasteiger partial charge < -0.3 is 9.47 Å². The topological polar surface area (TPSA) is 88.7 Å². The van der Waals surface area contributed by atoms with Gasteiger partial charge in [0.1, 0.15) is 11.5 Å². The predicted octanol–water partition coefficient (Wildman–Crippen LogP) is 2.11. The molecule has 0 fully saturated rings. The molecule has 27 heavy (non-hydrogen) atoms. The van der Waals surface area contributed by atoms with E-state index < -0.39 is 11.8 Å². The van der Waals surface area contributed by atoms with E-state index in [1.54, 1.807) is 36.4 Å². The van der Waals surface area contributed by atoms with Crippen molar-refractivity contribution in [1.82, 2.24) is 16.2 Å². The molecule has 0 spiro atoms. The van der Waals surface area contributed by atoms with Crippen molar-refractivity contribution >= 4 is 29.1 Å². The fourth-order valence-corrected chi connectivity index (χ4v) is 2.23. The van der Waals surface area contributed by atoms with Gasteiger partial charge in [-0.2, -0.15) is 0 Å². The molecular weight excluding hydrogens is 366 g/mol. The summed E-state index contributed by atoms with van der Waals surface area (Å²) >= 11 is 5.01. The molecule has 0 aromatic heterocycles. The highest BCUT2D eigenvalue weighted by Gasteiger charge is 2.13. The van der Waals surface area contributed by atoms with Crippen LogP contribution in [0.5, 0.6) is 11.5 Å². The third kappa shape index (κ3) is 6.59. The maximum atomic E-state index is 12.3. The van der Waals surface area contributed by atoms with Crippen molar-refractivity contribution in [3.8, 4) is 11.5 Å². The number of rotatable bonds is 6. The van der Waals surface area contributed by atoms with Crippen molar-refractivity contribution in [3.05, 3.63) is 59.7 Å². The highest BCUT2D eigenvalue weighted by molar-refractivity contribution is 7.80. The van der Waals surface area contributed by atoms with Crippen LogP contribution in [-0.4, -0.2) is 30.1 Å². The van der Waals surface area contributed by atoms with Crippen LogP contribution in [0.25, 0.3) is 0 Å². The molecule has 142 valence electrons. The van der Waals surface area contributed by atoms with E-state index in [0.717, 1.165) is 5.56 Å². The van der Waals surface area contributed by atoms with Crippen LogP contribution < -0.4 is 25.6 Å². The molecule has 0 saturated heterocycles. The van der Waals surface area contributed by atoms with Crippen molar-refractivity contribution in [3.63, 3.8) is 0 Å². The Bertz CT molecular complexity index is 809. The van der Waals surface area contributed by atoms with E-state index >= 15 is 0 Å². The van der Waals surface area contributed by atoms with E-state index in [1.165, 1.54) is 0 Å². The average Bonchev–Trinajstić information content (AvgIpc) is 2.66. The predicted molar refractivity (Wildman–Crippen MR) is 106 cm³/mol. The number of benzene rings is 2. The van der Waals surface area contributed by atoms with Crippen molar-refractivity contribution < 1.29 is 19.1 Å². The zero-order valence-corrected chi connectivity index (χ0v) is 15.9. The Labute approximate surface area is 163 Å². The molecule has 0 atom stereocenters. The fourth-order valence-electron chi connectivity index (χ4n) is 2.08. The first-order chi connectivity index (χ1) is 13.0. The molecule has 2 amide bonds. The summed E-state index contributed by atoms with van der Waals surface area (Å²) in [5, 5.41) is 2.43. The molecule has 0 heterocycles. The lowest BCUT2D eigenvalue weighted by atomic mass is 10.2. The number of amides is 2. The summed E-state index contributed by atoms with van der Waals surface area (Å²) in [6.07, 6.45) is 0. The van der Waals surface area contributed by atoms with Crippen molar-refractivity contribution in [1.29, 1.82) is 0 Å². The summed E-state index contributed by atoms with van der Waals surface area (Å²) in [6.45, 7) is 4.03. The second-order valence-electron chi connectivity index (χ2n) is 5.49. The zero-order valence-electron chi connectivity index (χ0n) is 15.1. The van der Waals surface area contributed by atoms with E-state index in [4.69, 9.17) is 21.7 Å². The fraction of sp³-hybridized carbons (Fsp3) is 0.211. The zero-order chi connectivity index (χ0) is 19.6. The van der Waals surface area contributed by atoms with Crippen molar-refractivity contribution in [2.45, 2.75) is 13.8 Å². The molecule has 0 aliphatic carbocycles. The number of ether oxygens (including phenoxy) is 2. The van der Waals surface area contributed by atoms with Gasteiger partial charge in [0.15, 0.2) is 11.7 Å². The van der Waals surface area contributed by atoms with Crippen molar-refractivity contribution in [2.24, 2.45) is 0 Å². The normalized spacial score (nSPS) is 9.85. The van der Waals surface area contributed by atoms with Gasteiger partial charge in [-0.05, 0) is 50.3 Å². The summed E-state index contributed by atoms with van der Waals surface area (Å²) in [7, 11) is 0. The summed E-state index contributed by atoms with van der Waals surface area (Å²) in [6, 6.07) is 14.1. The largest absolute Gasteiger partial charge is 0.493 e. The van der Waals surface area contributed by atoms with E-state index in [0.29, 0.717) is 23.7 Å². The van der Waals surface area contributed by atoms with Crippen LogP contribution in [0.2, 0.25) is 0 Å². The molecule has 0 saturated carbocycles. The van der Waals surface area contributed by atoms with E-state index in [9.17, 15) is 9.59 Å². The van der Waals surface area contributed by atoms with Gasteiger partial charge in [0.25, 0.3) is 11.8 Å². The summed E-state index contributed by atoms with van der Waals surface area (Å²) in [5.41, 5.74) is 6.26. The molecule has 3 N–H and O–H groups in total. The number of carbonyl (C=O) groups excluding carboxylic acids is 2. The van der Waals surface area contributed by atoms with Crippen LogP contribution in [0.3, 0.4) is 0 Å². The Morgan fingerprint density at radius 1 is 1.00 bits per heavy atom. The molecule has 0 bridgehead atoms. The quantitative estimate of drug-likeness (QED) is 0.520. The van der Waals surface area contributed by atoms with Gasteiger partial charge in [-0.1, -0.05) is 29.8 Å². The Balaban J connectivity index is 1.77. The molecule has 0 radical (unpaired) electrons. The number of hydrogen-bond acceptors (Lipinski definition) is 5. The number of carbonyl (C=O) groups is 2.